The van der Waals surface area contributed by atoms with E-state index in [0.29, 0.717) is 25.3 Å². The molecule has 0 aliphatic carbocycles. The molecule has 0 aliphatic heterocycles. The molecule has 0 saturated heterocycles. The van der Waals surface area contributed by atoms with Gasteiger partial charge in [0.15, 0.2) is 9.84 Å². The summed E-state index contributed by atoms with van der Waals surface area (Å²) in [6.07, 6.45) is 1.12. The number of ether oxygens (including phenoxy) is 1. The molecule has 0 radical (unpaired) electrons. The van der Waals surface area contributed by atoms with Gasteiger partial charge in [-0.2, -0.15) is 0 Å². The summed E-state index contributed by atoms with van der Waals surface area (Å²) >= 11 is 0. The number of sulfone groups is 1. The maximum atomic E-state index is 12.1. The highest BCUT2D eigenvalue weighted by Gasteiger charge is 2.13. The molecule has 1 aromatic carbocycles. The van der Waals surface area contributed by atoms with Gasteiger partial charge in [0.25, 0.3) is 5.91 Å². The number of hydrogen-bond acceptors (Lipinski definition) is 5. The largest absolute Gasteiger partial charge is 0.383 e. The molecular formula is C14H23ClN2O4S. The Morgan fingerprint density at radius 1 is 1.23 bits per heavy atom. The van der Waals surface area contributed by atoms with Crippen LogP contribution in [0.25, 0.3) is 0 Å². The van der Waals surface area contributed by atoms with E-state index in [1.807, 2.05) is 0 Å². The smallest absolute Gasteiger partial charge is 0.251 e. The summed E-state index contributed by atoms with van der Waals surface area (Å²) in [5.41, 5.74) is 1.13. The van der Waals surface area contributed by atoms with E-state index in [-0.39, 0.29) is 23.2 Å². The number of nitrogens with one attached hydrogen (secondary N) is 2. The standard InChI is InChI=1S/C14H22N2O4S.ClH/c1-11-4-5-12(21(3,18)19)10-13(11)14(17)16-7-6-15-8-9-20-2;/h4-5,10,15H,6-9H2,1-3H3,(H,16,17);1H. The summed E-state index contributed by atoms with van der Waals surface area (Å²) < 4.78 is 27.9. The Balaban J connectivity index is 0.00000441. The van der Waals surface area contributed by atoms with Crippen molar-refractivity contribution in [2.45, 2.75) is 11.8 Å². The maximum absolute atomic E-state index is 12.1. The minimum atomic E-state index is -3.32. The molecule has 2 N–H and O–H groups in total. The zero-order valence-electron chi connectivity index (χ0n) is 13.0. The lowest BCUT2D eigenvalue weighted by Crippen LogP contribution is -2.33. The van der Waals surface area contributed by atoms with Gasteiger partial charge < -0.3 is 15.4 Å². The van der Waals surface area contributed by atoms with Crippen molar-refractivity contribution < 1.29 is 17.9 Å². The summed E-state index contributed by atoms with van der Waals surface area (Å²) in [7, 11) is -1.69. The fourth-order valence-electron chi connectivity index (χ4n) is 1.74. The third kappa shape index (κ3) is 6.74. The molecule has 6 nitrogen and oxygen atoms in total. The Morgan fingerprint density at radius 3 is 2.50 bits per heavy atom. The molecule has 0 spiro atoms. The summed E-state index contributed by atoms with van der Waals surface area (Å²) in [6, 6.07) is 4.56. The first kappa shape index (κ1) is 20.9. The van der Waals surface area contributed by atoms with Gasteiger partial charge in [-0.1, -0.05) is 6.07 Å². The van der Waals surface area contributed by atoms with Crippen LogP contribution in [0.15, 0.2) is 23.1 Å². The van der Waals surface area contributed by atoms with Crippen molar-refractivity contribution in [2.24, 2.45) is 0 Å². The van der Waals surface area contributed by atoms with E-state index in [0.717, 1.165) is 18.4 Å². The van der Waals surface area contributed by atoms with Gasteiger partial charge in [0.05, 0.1) is 11.5 Å². The Kier molecular flexibility index (Phi) is 9.27. The number of methoxy groups -OCH3 is 1. The number of hydrogen-bond donors (Lipinski definition) is 2. The van der Waals surface area contributed by atoms with Crippen molar-refractivity contribution >= 4 is 28.2 Å². The lowest BCUT2D eigenvalue weighted by molar-refractivity contribution is 0.0953. The number of benzene rings is 1. The first-order valence-electron chi connectivity index (χ1n) is 6.65. The van der Waals surface area contributed by atoms with Gasteiger partial charge >= 0.3 is 0 Å². The molecule has 0 bridgehead atoms. The average molecular weight is 351 g/mol. The van der Waals surface area contributed by atoms with Crippen molar-refractivity contribution in [2.75, 3.05) is 39.6 Å². The van der Waals surface area contributed by atoms with Crippen LogP contribution in [-0.4, -0.2) is 53.9 Å². The van der Waals surface area contributed by atoms with Crippen LogP contribution in [0.2, 0.25) is 0 Å². The second-order valence-corrected chi connectivity index (χ2v) is 6.76. The van der Waals surface area contributed by atoms with E-state index >= 15 is 0 Å². The molecule has 8 heteroatoms. The Labute approximate surface area is 138 Å². The topological polar surface area (TPSA) is 84.5 Å². The SMILES string of the molecule is COCCNCCNC(=O)c1cc(S(C)(=O)=O)ccc1C.Cl. The minimum Gasteiger partial charge on any atom is -0.383 e. The molecule has 0 saturated carbocycles. The molecule has 22 heavy (non-hydrogen) atoms. The monoisotopic (exact) mass is 350 g/mol. The summed E-state index contributed by atoms with van der Waals surface area (Å²) in [5, 5.41) is 5.87. The number of amides is 1. The number of carbonyl (C=O) groups excluding carboxylic acids is 1. The lowest BCUT2D eigenvalue weighted by Gasteiger charge is -2.10. The summed E-state index contributed by atoms with van der Waals surface area (Å²) in [4.78, 5) is 12.2. The zero-order valence-corrected chi connectivity index (χ0v) is 14.6. The van der Waals surface area contributed by atoms with Gasteiger partial charge in [0, 0.05) is 38.6 Å². The second kappa shape index (κ2) is 9.78. The molecule has 0 unspecified atom stereocenters. The first-order valence-corrected chi connectivity index (χ1v) is 8.54. The second-order valence-electron chi connectivity index (χ2n) is 4.75. The molecule has 126 valence electrons. The maximum Gasteiger partial charge on any atom is 0.251 e. The highest BCUT2D eigenvalue weighted by molar-refractivity contribution is 7.90. The predicted molar refractivity (Wildman–Crippen MR) is 88.6 cm³/mol. The molecule has 0 aromatic heterocycles. The van der Waals surface area contributed by atoms with Gasteiger partial charge in [-0.25, -0.2) is 8.42 Å². The highest BCUT2D eigenvalue weighted by Crippen LogP contribution is 2.15. The third-order valence-corrected chi connectivity index (χ3v) is 4.06. The lowest BCUT2D eigenvalue weighted by atomic mass is 10.1. The van der Waals surface area contributed by atoms with Gasteiger partial charge in [-0.15, -0.1) is 12.4 Å². The number of carbonyl (C=O) groups is 1. The average Bonchev–Trinajstić information content (AvgIpc) is 2.41. The van der Waals surface area contributed by atoms with Crippen molar-refractivity contribution in [1.82, 2.24) is 10.6 Å². The summed E-state index contributed by atoms with van der Waals surface area (Å²) in [5.74, 6) is -0.272. The number of aryl methyl sites for hydroxylation is 1. The minimum absolute atomic E-state index is 0. The van der Waals surface area contributed by atoms with E-state index in [4.69, 9.17) is 4.74 Å². The van der Waals surface area contributed by atoms with Crippen molar-refractivity contribution in [3.05, 3.63) is 29.3 Å². The summed E-state index contributed by atoms with van der Waals surface area (Å²) in [6.45, 7) is 4.20. The van der Waals surface area contributed by atoms with Crippen LogP contribution in [0.3, 0.4) is 0 Å². The molecular weight excluding hydrogens is 328 g/mol. The predicted octanol–water partition coefficient (Wildman–Crippen LogP) is 0.786. The fourth-order valence-corrected chi connectivity index (χ4v) is 2.38. The van der Waals surface area contributed by atoms with Gasteiger partial charge in [-0.3, -0.25) is 4.79 Å². The third-order valence-electron chi connectivity index (χ3n) is 2.95. The molecule has 0 aliphatic rings. The van der Waals surface area contributed by atoms with Crippen LogP contribution in [0.1, 0.15) is 15.9 Å². The van der Waals surface area contributed by atoms with Crippen LogP contribution >= 0.6 is 12.4 Å². The van der Waals surface area contributed by atoms with E-state index < -0.39 is 9.84 Å². The highest BCUT2D eigenvalue weighted by atomic mass is 35.5. The first-order chi connectivity index (χ1) is 9.86. The van der Waals surface area contributed by atoms with E-state index in [1.165, 1.54) is 12.1 Å². The van der Waals surface area contributed by atoms with Crippen LogP contribution in [-0.2, 0) is 14.6 Å². The van der Waals surface area contributed by atoms with E-state index in [9.17, 15) is 13.2 Å². The van der Waals surface area contributed by atoms with Gasteiger partial charge in [0.2, 0.25) is 0 Å². The molecule has 0 atom stereocenters. The van der Waals surface area contributed by atoms with Crippen LogP contribution in [0, 0.1) is 6.92 Å². The number of halogens is 1. The Morgan fingerprint density at radius 2 is 1.91 bits per heavy atom. The zero-order chi connectivity index (χ0) is 15.9. The molecule has 1 aromatic rings. The molecule has 0 heterocycles. The Bertz CT molecular complexity index is 591. The van der Waals surface area contributed by atoms with Crippen molar-refractivity contribution in [3.8, 4) is 0 Å². The van der Waals surface area contributed by atoms with E-state index in [2.05, 4.69) is 10.6 Å². The van der Waals surface area contributed by atoms with Crippen molar-refractivity contribution in [1.29, 1.82) is 0 Å². The molecule has 0 fully saturated rings. The van der Waals surface area contributed by atoms with Crippen molar-refractivity contribution in [3.63, 3.8) is 0 Å². The normalized spacial score (nSPS) is 10.9. The van der Waals surface area contributed by atoms with Crippen LogP contribution < -0.4 is 10.6 Å². The van der Waals surface area contributed by atoms with Crippen LogP contribution in [0.5, 0.6) is 0 Å². The van der Waals surface area contributed by atoms with Gasteiger partial charge in [0.1, 0.15) is 0 Å². The molecule has 1 rings (SSSR count). The van der Waals surface area contributed by atoms with Crippen LogP contribution in [0.4, 0.5) is 0 Å². The molecule has 1 amide bonds. The fraction of sp³-hybridized carbons (Fsp3) is 0.500. The number of rotatable bonds is 8. The quantitative estimate of drug-likeness (QED) is 0.677. The Hall–Kier alpha value is -1.15. The van der Waals surface area contributed by atoms with Gasteiger partial charge in [-0.05, 0) is 24.6 Å². The van der Waals surface area contributed by atoms with E-state index in [1.54, 1.807) is 20.1 Å².